The lowest BCUT2D eigenvalue weighted by Crippen LogP contribution is -2.35. The SMILES string of the molecule is CN(CC(=O)Nc1ccc(Cl)cc1C(=O)c1ccccc1)S(=O)(=O)c1ccc(Br)cc1. The number of anilines is 1. The van der Waals surface area contributed by atoms with Gasteiger partial charge in [0, 0.05) is 27.7 Å². The van der Waals surface area contributed by atoms with Crippen LogP contribution in [0.3, 0.4) is 0 Å². The molecule has 0 heterocycles. The highest BCUT2D eigenvalue weighted by Crippen LogP contribution is 2.24. The molecule has 31 heavy (non-hydrogen) atoms. The van der Waals surface area contributed by atoms with Gasteiger partial charge < -0.3 is 5.32 Å². The van der Waals surface area contributed by atoms with Crippen LogP contribution >= 0.6 is 27.5 Å². The smallest absolute Gasteiger partial charge is 0.243 e. The Morgan fingerprint density at radius 2 is 1.65 bits per heavy atom. The van der Waals surface area contributed by atoms with Crippen molar-refractivity contribution in [3.63, 3.8) is 0 Å². The number of nitrogens with one attached hydrogen (secondary N) is 1. The van der Waals surface area contributed by atoms with Crippen molar-refractivity contribution in [2.45, 2.75) is 4.90 Å². The molecule has 0 saturated carbocycles. The predicted octanol–water partition coefficient (Wildman–Crippen LogP) is 4.59. The molecule has 6 nitrogen and oxygen atoms in total. The number of amides is 1. The zero-order valence-corrected chi connectivity index (χ0v) is 19.5. The van der Waals surface area contributed by atoms with E-state index in [0.717, 1.165) is 8.78 Å². The first-order valence-corrected chi connectivity index (χ1v) is 11.7. The van der Waals surface area contributed by atoms with Crippen LogP contribution in [0.25, 0.3) is 0 Å². The number of sulfonamides is 1. The second-order valence-corrected chi connectivity index (χ2v) is 10.0. The zero-order valence-electron chi connectivity index (χ0n) is 16.4. The summed E-state index contributed by atoms with van der Waals surface area (Å²) >= 11 is 9.31. The maximum atomic E-state index is 12.9. The summed E-state index contributed by atoms with van der Waals surface area (Å²) < 4.78 is 27.1. The summed E-state index contributed by atoms with van der Waals surface area (Å²) in [6.45, 7) is -0.431. The van der Waals surface area contributed by atoms with Crippen LogP contribution in [0.5, 0.6) is 0 Å². The molecule has 0 unspecified atom stereocenters. The Labute approximate surface area is 194 Å². The van der Waals surface area contributed by atoms with E-state index in [1.54, 1.807) is 48.5 Å². The van der Waals surface area contributed by atoms with E-state index in [1.165, 1.54) is 31.3 Å². The molecule has 0 aromatic heterocycles. The first-order valence-electron chi connectivity index (χ1n) is 9.09. The van der Waals surface area contributed by atoms with Crippen molar-refractivity contribution >= 4 is 54.9 Å². The van der Waals surface area contributed by atoms with E-state index >= 15 is 0 Å². The van der Waals surface area contributed by atoms with Crippen LogP contribution in [0.1, 0.15) is 15.9 Å². The minimum Gasteiger partial charge on any atom is -0.324 e. The summed E-state index contributed by atoms with van der Waals surface area (Å²) in [5.74, 6) is -0.901. The van der Waals surface area contributed by atoms with Crippen LogP contribution in [-0.4, -0.2) is 38.0 Å². The summed E-state index contributed by atoms with van der Waals surface area (Å²) in [5, 5.41) is 2.96. The Morgan fingerprint density at radius 3 is 2.29 bits per heavy atom. The molecule has 1 N–H and O–H groups in total. The first kappa shape index (κ1) is 23.1. The van der Waals surface area contributed by atoms with Gasteiger partial charge in [-0.3, -0.25) is 9.59 Å². The largest absolute Gasteiger partial charge is 0.324 e. The van der Waals surface area contributed by atoms with Crippen molar-refractivity contribution in [1.82, 2.24) is 4.31 Å². The fourth-order valence-electron chi connectivity index (χ4n) is 2.82. The van der Waals surface area contributed by atoms with E-state index in [4.69, 9.17) is 11.6 Å². The lowest BCUT2D eigenvalue weighted by molar-refractivity contribution is -0.116. The third-order valence-electron chi connectivity index (χ3n) is 4.42. The minimum absolute atomic E-state index is 0.0671. The molecule has 0 aliphatic rings. The van der Waals surface area contributed by atoms with Gasteiger partial charge in [0.05, 0.1) is 17.1 Å². The van der Waals surface area contributed by atoms with Crippen LogP contribution in [0.15, 0.2) is 82.2 Å². The normalized spacial score (nSPS) is 11.4. The quantitative estimate of drug-likeness (QED) is 0.461. The minimum atomic E-state index is -3.86. The maximum Gasteiger partial charge on any atom is 0.243 e. The average molecular weight is 522 g/mol. The highest BCUT2D eigenvalue weighted by molar-refractivity contribution is 9.10. The molecular weight excluding hydrogens is 504 g/mol. The number of nitrogens with zero attached hydrogens (tertiary/aromatic N) is 1. The molecule has 0 atom stereocenters. The first-order chi connectivity index (χ1) is 14.7. The number of carbonyl (C=O) groups excluding carboxylic acids is 2. The molecule has 0 bridgehead atoms. The monoisotopic (exact) mass is 520 g/mol. The van der Waals surface area contributed by atoms with Gasteiger partial charge in [-0.05, 0) is 42.5 Å². The van der Waals surface area contributed by atoms with Crippen LogP contribution in [-0.2, 0) is 14.8 Å². The second kappa shape index (κ2) is 9.74. The maximum absolute atomic E-state index is 12.9. The average Bonchev–Trinajstić information content (AvgIpc) is 2.75. The highest BCUT2D eigenvalue weighted by atomic mass is 79.9. The number of hydrogen-bond donors (Lipinski definition) is 1. The van der Waals surface area contributed by atoms with Crippen LogP contribution < -0.4 is 5.32 Å². The van der Waals surface area contributed by atoms with Gasteiger partial charge in [-0.1, -0.05) is 57.9 Å². The topological polar surface area (TPSA) is 83.6 Å². The molecule has 3 rings (SSSR count). The Morgan fingerprint density at radius 1 is 1.00 bits per heavy atom. The molecule has 3 aromatic rings. The van der Waals surface area contributed by atoms with E-state index in [1.807, 2.05) is 0 Å². The van der Waals surface area contributed by atoms with Gasteiger partial charge in [-0.25, -0.2) is 8.42 Å². The summed E-state index contributed by atoms with van der Waals surface area (Å²) in [4.78, 5) is 25.5. The summed E-state index contributed by atoms with van der Waals surface area (Å²) in [6.07, 6.45) is 0. The van der Waals surface area contributed by atoms with Crippen molar-refractivity contribution < 1.29 is 18.0 Å². The highest BCUT2D eigenvalue weighted by Gasteiger charge is 2.24. The molecule has 0 saturated heterocycles. The van der Waals surface area contributed by atoms with Crippen LogP contribution in [0.4, 0.5) is 5.69 Å². The molecule has 0 fully saturated rings. The molecule has 3 aromatic carbocycles. The van der Waals surface area contributed by atoms with Crippen LogP contribution in [0, 0.1) is 0 Å². The number of ketones is 1. The number of benzene rings is 3. The van der Waals surface area contributed by atoms with E-state index in [2.05, 4.69) is 21.2 Å². The molecule has 0 aliphatic carbocycles. The van der Waals surface area contributed by atoms with Crippen molar-refractivity contribution in [1.29, 1.82) is 0 Å². The third-order valence-corrected chi connectivity index (χ3v) is 7.01. The number of likely N-dealkylation sites (N-methyl/N-ethyl adjacent to an activating group) is 1. The van der Waals surface area contributed by atoms with Gasteiger partial charge in [0.1, 0.15) is 0 Å². The second-order valence-electron chi connectivity index (χ2n) is 6.65. The zero-order chi connectivity index (χ0) is 22.6. The molecule has 160 valence electrons. The van der Waals surface area contributed by atoms with Gasteiger partial charge >= 0.3 is 0 Å². The lowest BCUT2D eigenvalue weighted by atomic mass is 10.0. The van der Waals surface area contributed by atoms with E-state index in [-0.39, 0.29) is 21.9 Å². The van der Waals surface area contributed by atoms with Crippen molar-refractivity contribution in [3.05, 3.63) is 93.4 Å². The van der Waals surface area contributed by atoms with Gasteiger partial charge in [0.2, 0.25) is 15.9 Å². The summed E-state index contributed by atoms with van der Waals surface area (Å²) in [5.41, 5.74) is 0.901. The lowest BCUT2D eigenvalue weighted by Gasteiger charge is -2.18. The van der Waals surface area contributed by atoms with E-state index in [9.17, 15) is 18.0 Å². The third kappa shape index (κ3) is 5.59. The van der Waals surface area contributed by atoms with Crippen LogP contribution in [0.2, 0.25) is 5.02 Å². The molecule has 9 heteroatoms. The molecular formula is C22H18BrClN2O4S. The van der Waals surface area contributed by atoms with Gasteiger partial charge in [0.15, 0.2) is 5.78 Å². The van der Waals surface area contributed by atoms with E-state index in [0.29, 0.717) is 10.6 Å². The Balaban J connectivity index is 1.79. The van der Waals surface area contributed by atoms with Crippen molar-refractivity contribution in [3.8, 4) is 0 Å². The number of carbonyl (C=O) groups is 2. The van der Waals surface area contributed by atoms with Gasteiger partial charge in [-0.2, -0.15) is 4.31 Å². The standard InChI is InChI=1S/C22H18BrClN2O4S/c1-26(31(29,30)18-10-7-16(23)8-11-18)14-21(27)25-20-12-9-17(24)13-19(20)22(28)15-5-3-2-4-6-15/h2-13H,14H2,1H3,(H,25,27). The Hall–Kier alpha value is -2.52. The summed E-state index contributed by atoms with van der Waals surface area (Å²) in [6, 6.07) is 19.2. The van der Waals surface area contributed by atoms with Crippen molar-refractivity contribution in [2.24, 2.45) is 0 Å². The van der Waals surface area contributed by atoms with Gasteiger partial charge in [-0.15, -0.1) is 0 Å². The Kier molecular flexibility index (Phi) is 7.27. The fraction of sp³-hybridized carbons (Fsp3) is 0.0909. The summed E-state index contributed by atoms with van der Waals surface area (Å²) in [7, 11) is -2.54. The fourth-order valence-corrected chi connectivity index (χ4v) is 4.39. The van der Waals surface area contributed by atoms with E-state index < -0.39 is 22.5 Å². The van der Waals surface area contributed by atoms with Crippen molar-refractivity contribution in [2.75, 3.05) is 18.9 Å². The number of hydrogen-bond acceptors (Lipinski definition) is 4. The predicted molar refractivity (Wildman–Crippen MR) is 124 cm³/mol. The molecule has 1 amide bonds. The molecule has 0 spiro atoms. The number of halogens is 2. The Bertz CT molecular complexity index is 1220. The number of rotatable bonds is 7. The van der Waals surface area contributed by atoms with Gasteiger partial charge in [0.25, 0.3) is 0 Å². The molecule has 0 radical (unpaired) electrons. The molecule has 0 aliphatic heterocycles.